The highest BCUT2D eigenvalue weighted by molar-refractivity contribution is 6.39. The smallest absolute Gasteiger partial charge is 0.269 e. The maximum absolute atomic E-state index is 16.0. The van der Waals surface area contributed by atoms with Crippen LogP contribution in [0.3, 0.4) is 0 Å². The number of hydrogen-bond acceptors (Lipinski definition) is 7. The summed E-state index contributed by atoms with van der Waals surface area (Å²) in [5.41, 5.74) is 0.736. The minimum absolute atomic E-state index is 0.171. The number of rotatable bonds is 8. The Labute approximate surface area is 287 Å². The standard InChI is InChI=1S/C41H30N2O7/c1-49-31-21-13-25(14-22-31)33-34(26-15-23-32(50-2)24-16-26)41(28-11-7-4-8-12-28)36-35(40(33,39(41)46)27-9-5-3-6-10-27)37(44)42(38(36)45)29-17-19-30(20-18-29)43(47)48/h3-24,35-36H,1-2H3/t35-,36+,40-,41+. The van der Waals surface area contributed by atoms with E-state index < -0.39 is 39.4 Å². The summed E-state index contributed by atoms with van der Waals surface area (Å²) in [5, 5.41) is 11.5. The van der Waals surface area contributed by atoms with E-state index in [1.165, 1.54) is 24.3 Å². The number of nitro groups is 1. The van der Waals surface area contributed by atoms with E-state index in [2.05, 4.69) is 0 Å². The number of ether oxygens (including phenoxy) is 2. The van der Waals surface area contributed by atoms with Crippen molar-refractivity contribution in [2.75, 3.05) is 19.1 Å². The number of allylic oxidation sites excluding steroid dienone is 2. The first-order valence-corrected chi connectivity index (χ1v) is 16.1. The van der Waals surface area contributed by atoms with Crippen LogP contribution < -0.4 is 14.4 Å². The number of fused-ring (bicyclic) bond motifs is 5. The predicted octanol–water partition coefficient (Wildman–Crippen LogP) is 6.80. The van der Waals surface area contributed by atoms with Crippen molar-refractivity contribution in [1.82, 2.24) is 0 Å². The van der Waals surface area contributed by atoms with Crippen LogP contribution in [0.2, 0.25) is 0 Å². The van der Waals surface area contributed by atoms with Crippen molar-refractivity contribution in [2.45, 2.75) is 10.8 Å². The molecule has 1 saturated heterocycles. The van der Waals surface area contributed by atoms with Gasteiger partial charge in [0.25, 0.3) is 5.69 Å². The molecular weight excluding hydrogens is 632 g/mol. The van der Waals surface area contributed by atoms with Gasteiger partial charge in [0.1, 0.15) is 11.5 Å². The molecule has 2 fully saturated rings. The van der Waals surface area contributed by atoms with Crippen molar-refractivity contribution in [3.05, 3.63) is 166 Å². The first-order chi connectivity index (χ1) is 24.3. The SMILES string of the molecule is COc1ccc(C2=C(c3ccc(OC)cc3)[C@@]3(c4ccccc4)C(=O)[C@]2(c2ccccc2)[C@@H]2C(=O)N(c4ccc([N+](=O)[O-])cc4)C(=O)[C@@H]23)cc1. The normalized spacial score (nSPS) is 23.7. The lowest BCUT2D eigenvalue weighted by Crippen LogP contribution is -2.45. The van der Waals surface area contributed by atoms with Gasteiger partial charge in [-0.25, -0.2) is 4.90 Å². The van der Waals surface area contributed by atoms with E-state index in [4.69, 9.17) is 9.47 Å². The molecule has 9 nitrogen and oxygen atoms in total. The number of carbonyl (C=O) groups excluding carboxylic acids is 3. The summed E-state index contributed by atoms with van der Waals surface area (Å²) in [6.07, 6.45) is 0. The zero-order valence-electron chi connectivity index (χ0n) is 27.1. The Balaban J connectivity index is 1.51. The third-order valence-electron chi connectivity index (χ3n) is 10.5. The van der Waals surface area contributed by atoms with Crippen LogP contribution in [-0.4, -0.2) is 36.7 Å². The summed E-state index contributed by atoms with van der Waals surface area (Å²) in [5.74, 6) is -2.34. The van der Waals surface area contributed by atoms with E-state index in [0.29, 0.717) is 44.9 Å². The van der Waals surface area contributed by atoms with Crippen molar-refractivity contribution in [3.63, 3.8) is 0 Å². The van der Waals surface area contributed by atoms with Gasteiger partial charge in [-0.05, 0) is 69.8 Å². The van der Waals surface area contributed by atoms with Gasteiger partial charge in [-0.3, -0.25) is 24.5 Å². The van der Waals surface area contributed by atoms with Gasteiger partial charge in [-0.1, -0.05) is 84.9 Å². The Bertz CT molecular complexity index is 2090. The van der Waals surface area contributed by atoms with E-state index in [1.807, 2.05) is 109 Å². The fraction of sp³-hybridized carbons (Fsp3) is 0.146. The van der Waals surface area contributed by atoms with Crippen molar-refractivity contribution in [2.24, 2.45) is 11.8 Å². The minimum atomic E-state index is -1.59. The largest absolute Gasteiger partial charge is 0.497 e. The van der Waals surface area contributed by atoms with Gasteiger partial charge in [-0.2, -0.15) is 0 Å². The summed E-state index contributed by atoms with van der Waals surface area (Å²) in [4.78, 5) is 58.2. The molecule has 246 valence electrons. The van der Waals surface area contributed by atoms with Gasteiger partial charge < -0.3 is 9.47 Å². The average Bonchev–Trinajstić information content (AvgIpc) is 3.67. The number of nitro benzene ring substituents is 1. The predicted molar refractivity (Wildman–Crippen MR) is 187 cm³/mol. The number of benzene rings is 5. The van der Waals surface area contributed by atoms with Crippen LogP contribution in [0, 0.1) is 22.0 Å². The number of amides is 2. The number of carbonyl (C=O) groups is 3. The third kappa shape index (κ3) is 3.97. The van der Waals surface area contributed by atoms with Crippen LogP contribution in [0.1, 0.15) is 22.3 Å². The topological polar surface area (TPSA) is 116 Å². The van der Waals surface area contributed by atoms with Gasteiger partial charge in [0.05, 0.1) is 47.5 Å². The second-order valence-electron chi connectivity index (χ2n) is 12.6. The molecule has 2 bridgehead atoms. The molecule has 9 heteroatoms. The number of methoxy groups -OCH3 is 2. The number of ketones is 1. The second-order valence-corrected chi connectivity index (χ2v) is 12.6. The molecule has 5 aromatic rings. The lowest BCUT2D eigenvalue weighted by Gasteiger charge is -2.39. The summed E-state index contributed by atoms with van der Waals surface area (Å²) < 4.78 is 11.0. The number of non-ortho nitro benzene ring substituents is 1. The molecule has 4 atom stereocenters. The quantitative estimate of drug-likeness (QED) is 0.102. The molecule has 0 N–H and O–H groups in total. The van der Waals surface area contributed by atoms with E-state index in [-0.39, 0.29) is 17.2 Å². The van der Waals surface area contributed by atoms with Gasteiger partial charge in [-0.15, -0.1) is 0 Å². The van der Waals surface area contributed by atoms with Crippen LogP contribution in [0.15, 0.2) is 133 Å². The molecular formula is C41H30N2O7. The van der Waals surface area contributed by atoms with Gasteiger partial charge >= 0.3 is 0 Å². The van der Waals surface area contributed by atoms with Crippen LogP contribution in [-0.2, 0) is 25.2 Å². The van der Waals surface area contributed by atoms with E-state index in [9.17, 15) is 10.1 Å². The summed E-state index contributed by atoms with van der Waals surface area (Å²) in [7, 11) is 3.16. The molecule has 1 saturated carbocycles. The number of Topliss-reactive ketones (excluding diaryl/α,β-unsaturated/α-hetero) is 1. The first kappa shape index (κ1) is 31.0. The number of anilines is 1. The van der Waals surface area contributed by atoms with Crippen LogP contribution in [0.25, 0.3) is 11.1 Å². The summed E-state index contributed by atoms with van der Waals surface area (Å²) >= 11 is 0. The highest BCUT2D eigenvalue weighted by Gasteiger charge is 2.82. The van der Waals surface area contributed by atoms with Crippen molar-refractivity contribution < 1.29 is 28.8 Å². The molecule has 1 heterocycles. The molecule has 0 aromatic heterocycles. The Morgan fingerprint density at radius 3 is 1.34 bits per heavy atom. The molecule has 0 unspecified atom stereocenters. The summed E-state index contributed by atoms with van der Waals surface area (Å²) in [6.45, 7) is 0. The minimum Gasteiger partial charge on any atom is -0.497 e. The molecule has 2 amide bonds. The highest BCUT2D eigenvalue weighted by Crippen LogP contribution is 2.74. The first-order valence-electron chi connectivity index (χ1n) is 16.1. The number of hydrogen-bond donors (Lipinski definition) is 0. The third-order valence-corrected chi connectivity index (χ3v) is 10.5. The average molecular weight is 663 g/mol. The Morgan fingerprint density at radius 1 is 0.580 bits per heavy atom. The molecule has 8 rings (SSSR count). The van der Waals surface area contributed by atoms with E-state index in [1.54, 1.807) is 14.2 Å². The molecule has 50 heavy (non-hydrogen) atoms. The highest BCUT2D eigenvalue weighted by atomic mass is 16.6. The maximum atomic E-state index is 16.0. The molecule has 5 aromatic carbocycles. The fourth-order valence-electron chi connectivity index (χ4n) is 8.62. The van der Waals surface area contributed by atoms with Gasteiger partial charge in [0.2, 0.25) is 11.8 Å². The van der Waals surface area contributed by atoms with Gasteiger partial charge in [0, 0.05) is 12.1 Å². The number of imide groups is 1. The zero-order chi connectivity index (χ0) is 34.8. The zero-order valence-corrected chi connectivity index (χ0v) is 27.1. The summed E-state index contributed by atoms with van der Waals surface area (Å²) in [6, 6.07) is 38.6. The second kappa shape index (κ2) is 11.4. The van der Waals surface area contributed by atoms with Gasteiger partial charge in [0.15, 0.2) is 5.78 Å². The van der Waals surface area contributed by atoms with Crippen LogP contribution in [0.4, 0.5) is 11.4 Å². The lowest BCUT2D eigenvalue weighted by atomic mass is 9.59. The van der Waals surface area contributed by atoms with Crippen molar-refractivity contribution in [3.8, 4) is 11.5 Å². The Hall–Kier alpha value is -6.35. The van der Waals surface area contributed by atoms with Crippen LogP contribution in [0.5, 0.6) is 11.5 Å². The van der Waals surface area contributed by atoms with Crippen molar-refractivity contribution >= 4 is 40.1 Å². The lowest BCUT2D eigenvalue weighted by molar-refractivity contribution is -0.384. The van der Waals surface area contributed by atoms with E-state index in [0.717, 1.165) is 4.90 Å². The van der Waals surface area contributed by atoms with Crippen LogP contribution >= 0.6 is 0 Å². The van der Waals surface area contributed by atoms with E-state index >= 15 is 14.4 Å². The molecule has 2 aliphatic carbocycles. The molecule has 0 spiro atoms. The van der Waals surface area contributed by atoms with Crippen molar-refractivity contribution in [1.29, 1.82) is 0 Å². The molecule has 0 radical (unpaired) electrons. The monoisotopic (exact) mass is 662 g/mol. The number of nitrogens with zero attached hydrogens (tertiary/aromatic N) is 2. The fourth-order valence-corrected chi connectivity index (χ4v) is 8.62. The Kier molecular flexibility index (Phi) is 7.04. The Morgan fingerprint density at radius 2 is 0.980 bits per heavy atom. The molecule has 3 aliphatic rings. The molecule has 1 aliphatic heterocycles. The maximum Gasteiger partial charge on any atom is 0.269 e.